The third-order valence-electron chi connectivity index (χ3n) is 3.76. The van der Waals surface area contributed by atoms with E-state index in [4.69, 9.17) is 14.7 Å². The van der Waals surface area contributed by atoms with E-state index in [1.165, 1.54) is 18.2 Å². The van der Waals surface area contributed by atoms with Gasteiger partial charge >= 0.3 is 39.1 Å². The molecule has 0 heterocycles. The van der Waals surface area contributed by atoms with E-state index in [1.54, 1.807) is 0 Å². The lowest BCUT2D eigenvalue weighted by atomic mass is 10.1. The second-order valence-electron chi connectivity index (χ2n) is 7.00. The Kier molecular flexibility index (Phi) is 13.4. The summed E-state index contributed by atoms with van der Waals surface area (Å²) in [5.41, 5.74) is -0.162. The second-order valence-corrected chi connectivity index (χ2v) is 14.6. The minimum absolute atomic E-state index is 0.0817. The van der Waals surface area contributed by atoms with E-state index in [0.29, 0.717) is 19.3 Å². The summed E-state index contributed by atoms with van der Waals surface area (Å²) in [4.78, 5) is 75.9. The van der Waals surface area contributed by atoms with Crippen molar-refractivity contribution in [3.63, 3.8) is 0 Å². The minimum atomic E-state index is -6.16. The highest BCUT2D eigenvalue weighted by Crippen LogP contribution is 2.73. The van der Waals surface area contributed by atoms with Crippen molar-refractivity contribution in [2.45, 2.75) is 25.7 Å². The van der Waals surface area contributed by atoms with E-state index in [1.807, 2.05) is 0 Å². The lowest BCUT2D eigenvalue weighted by molar-refractivity contribution is -0.384. The summed E-state index contributed by atoms with van der Waals surface area (Å²) >= 11 is 0. The number of unbranched alkanes of at least 4 members (excludes halogenated alkanes) is 3. The third-order valence-corrected chi connectivity index (χ3v) is 10.9. The number of nitrogens with one attached hydrogen (secondary N) is 1. The fraction of sp³-hybridized carbons (Fsp3) is 0.462. The molecular weight excluding hydrogens is 643 g/mol. The molecule has 4 atom stereocenters. The average molecular weight is 666 g/mol. The van der Waals surface area contributed by atoms with Crippen molar-refractivity contribution in [1.29, 1.82) is 0 Å². The van der Waals surface area contributed by atoms with Crippen LogP contribution in [0.2, 0.25) is 0 Å². The fourth-order valence-electron chi connectivity index (χ4n) is 2.42. The van der Waals surface area contributed by atoms with Gasteiger partial charge in [0.15, 0.2) is 0 Å². The zero-order chi connectivity index (χ0) is 30.1. The summed E-state index contributed by atoms with van der Waals surface area (Å²) in [6, 6.07) is 5.08. The number of carbonyl (C=O) groups excluding carboxylic acids is 1. The molecule has 39 heavy (non-hydrogen) atoms. The van der Waals surface area contributed by atoms with Crippen molar-refractivity contribution in [1.82, 2.24) is 5.32 Å². The Hall–Kier alpha value is -1.20. The molecule has 0 spiro atoms. The van der Waals surface area contributed by atoms with Crippen LogP contribution in [-0.2, 0) is 44.6 Å². The lowest BCUT2D eigenvalue weighted by Crippen LogP contribution is -2.24. The van der Waals surface area contributed by atoms with Crippen molar-refractivity contribution < 1.29 is 83.7 Å². The molecule has 1 aromatic carbocycles. The molecule has 26 heteroatoms. The summed E-state index contributed by atoms with van der Waals surface area (Å²) in [5, 5.41) is 13.3. The smallest absolute Gasteiger partial charge is 0.352 e. The van der Waals surface area contributed by atoms with Gasteiger partial charge in [0.2, 0.25) is 0 Å². The highest BCUT2D eigenvalue weighted by atomic mass is 31.3. The third kappa shape index (κ3) is 16.0. The highest BCUT2D eigenvalue weighted by Gasteiger charge is 2.47. The number of rotatable bonds is 18. The Morgan fingerprint density at radius 3 is 1.85 bits per heavy atom. The molecule has 4 unspecified atom stereocenters. The van der Waals surface area contributed by atoms with Crippen LogP contribution in [0.3, 0.4) is 0 Å². The van der Waals surface area contributed by atoms with E-state index in [0.717, 1.165) is 6.07 Å². The number of benzene rings is 1. The highest BCUT2D eigenvalue weighted by molar-refractivity contribution is 7.71. The van der Waals surface area contributed by atoms with Crippen LogP contribution >= 0.6 is 39.1 Å². The first kappa shape index (κ1) is 35.8. The largest absolute Gasteiger partial charge is 0.490 e. The topological polar surface area (TPSA) is 325 Å². The predicted molar refractivity (Wildman–Crippen MR) is 126 cm³/mol. The lowest BCUT2D eigenvalue weighted by Gasteiger charge is -2.19. The van der Waals surface area contributed by atoms with Crippen LogP contribution in [0.4, 0.5) is 5.69 Å². The van der Waals surface area contributed by atoms with Gasteiger partial charge in [0.1, 0.15) is 0 Å². The molecule has 0 aliphatic rings. The van der Waals surface area contributed by atoms with Crippen molar-refractivity contribution >= 4 is 50.7 Å². The van der Waals surface area contributed by atoms with E-state index >= 15 is 0 Å². The van der Waals surface area contributed by atoms with Gasteiger partial charge in [-0.3, -0.25) is 19.4 Å². The van der Waals surface area contributed by atoms with Gasteiger partial charge in [-0.25, -0.2) is 22.8 Å². The van der Waals surface area contributed by atoms with Gasteiger partial charge in [-0.2, -0.15) is 17.2 Å². The van der Waals surface area contributed by atoms with Gasteiger partial charge in [-0.15, -0.1) is 0 Å². The van der Waals surface area contributed by atoms with Crippen molar-refractivity contribution in [3.8, 4) is 0 Å². The maximum Gasteiger partial charge on any atom is 0.490 e. The maximum absolute atomic E-state index is 12.0. The number of carbonyl (C=O) groups is 1. The predicted octanol–water partition coefficient (Wildman–Crippen LogP) is 2.46. The maximum atomic E-state index is 12.0. The van der Waals surface area contributed by atoms with E-state index < -0.39 is 56.6 Å². The van der Waals surface area contributed by atoms with Gasteiger partial charge < -0.3 is 34.7 Å². The summed E-state index contributed by atoms with van der Waals surface area (Å²) in [5.74, 6) is -0.537. The molecule has 0 radical (unpaired) electrons. The van der Waals surface area contributed by atoms with Crippen LogP contribution in [0.1, 0.15) is 36.0 Å². The van der Waals surface area contributed by atoms with Crippen LogP contribution in [0.15, 0.2) is 24.3 Å². The molecule has 0 saturated carbocycles. The standard InChI is InChI=1S/C13H23N2O19P5/c16-13(11-6-5-7-12(10-11)15(17)18)14-8-3-1-2-4-9-30-36(22,23)32-38(26,27)34-39(28,29)33-37(24,25)31-35(19,20)21/h5-7,10H,1-4,8-9H2,(H,14,16)(H,22,23)(H,24,25)(H,26,27)(H,28,29)(H2,19,20,21). The Morgan fingerprint density at radius 2 is 1.31 bits per heavy atom. The molecule has 0 aromatic heterocycles. The molecule has 1 aromatic rings. The Morgan fingerprint density at radius 1 is 0.795 bits per heavy atom. The number of hydrogen-bond acceptors (Lipinski definition) is 13. The van der Waals surface area contributed by atoms with E-state index in [-0.39, 0.29) is 24.2 Å². The number of phosphoric ester groups is 1. The summed E-state index contributed by atoms with van der Waals surface area (Å²) in [7, 11) is -29.4. The monoisotopic (exact) mass is 666 g/mol. The van der Waals surface area contributed by atoms with Crippen LogP contribution in [0, 0.1) is 10.1 Å². The van der Waals surface area contributed by atoms with Gasteiger partial charge in [0, 0.05) is 24.2 Å². The molecule has 0 aliphatic carbocycles. The second kappa shape index (κ2) is 14.6. The molecule has 1 rings (SSSR count). The van der Waals surface area contributed by atoms with E-state index in [2.05, 4.69) is 27.1 Å². The van der Waals surface area contributed by atoms with Crippen LogP contribution < -0.4 is 5.32 Å². The number of nitro benzene ring substituents is 1. The van der Waals surface area contributed by atoms with Gasteiger partial charge in [0.25, 0.3) is 11.6 Å². The summed E-state index contributed by atoms with van der Waals surface area (Å²) in [6.45, 7) is -0.346. The first-order valence-electron chi connectivity index (χ1n) is 10.0. The van der Waals surface area contributed by atoms with Crippen LogP contribution in [0.25, 0.3) is 0 Å². The van der Waals surface area contributed by atoms with E-state index in [9.17, 15) is 52.4 Å². The fourth-order valence-corrected chi connectivity index (χ4v) is 8.33. The first-order valence-corrected chi connectivity index (χ1v) is 17.5. The molecule has 224 valence electrons. The number of hydrogen-bond donors (Lipinski definition) is 7. The molecule has 7 N–H and O–H groups in total. The Bertz CT molecular complexity index is 1260. The molecular formula is C13H23N2O19P5. The zero-order valence-electron chi connectivity index (χ0n) is 19.2. The molecule has 0 saturated heterocycles. The van der Waals surface area contributed by atoms with Crippen molar-refractivity contribution in [2.75, 3.05) is 13.2 Å². The quantitative estimate of drug-likeness (QED) is 0.0512. The normalized spacial score (nSPS) is 18.2. The SMILES string of the molecule is O=C(NCCCCCCOP(=O)(O)OP(=O)(O)OP(=O)(O)OP(=O)(O)OP(=O)(O)O)c1cccc([N+](=O)[O-])c1. The number of non-ortho nitro benzene ring substituents is 1. The number of nitrogens with zero attached hydrogens (tertiary/aromatic N) is 1. The van der Waals surface area contributed by atoms with Crippen LogP contribution in [0.5, 0.6) is 0 Å². The van der Waals surface area contributed by atoms with Crippen molar-refractivity contribution in [3.05, 3.63) is 39.9 Å². The minimum Gasteiger partial charge on any atom is -0.352 e. The number of phosphoric acid groups is 5. The molecule has 0 fully saturated rings. The molecule has 1 amide bonds. The summed E-state index contributed by atoms with van der Waals surface area (Å²) < 4.78 is 74.9. The Labute approximate surface area is 218 Å². The average Bonchev–Trinajstić information content (AvgIpc) is 2.70. The number of amides is 1. The van der Waals surface area contributed by atoms with Crippen molar-refractivity contribution in [2.24, 2.45) is 0 Å². The summed E-state index contributed by atoms with van der Waals surface area (Å²) in [6.07, 6.45) is 1.32. The number of nitro groups is 1. The van der Waals surface area contributed by atoms with Gasteiger partial charge in [-0.05, 0) is 18.9 Å². The zero-order valence-corrected chi connectivity index (χ0v) is 23.7. The molecule has 0 aliphatic heterocycles. The van der Waals surface area contributed by atoms with Gasteiger partial charge in [-0.1, -0.05) is 18.9 Å². The molecule has 21 nitrogen and oxygen atoms in total. The molecule has 0 bridgehead atoms. The Balaban J connectivity index is 2.39. The van der Waals surface area contributed by atoms with Crippen LogP contribution in [-0.4, -0.2) is 53.3 Å². The first-order chi connectivity index (χ1) is 17.6. The van der Waals surface area contributed by atoms with Gasteiger partial charge in [0.05, 0.1) is 11.5 Å².